The minimum atomic E-state index is -1.12. The molecule has 130 valence electrons. The minimum Gasteiger partial charge on any atom is -0.442 e. The fourth-order valence-electron chi connectivity index (χ4n) is 2.41. The van der Waals surface area contributed by atoms with Crippen LogP contribution in [0.25, 0.3) is 0 Å². The molecule has 3 rings (SSSR count). The summed E-state index contributed by atoms with van der Waals surface area (Å²) in [7, 11) is 0. The number of ether oxygens (including phenoxy) is 1. The van der Waals surface area contributed by atoms with E-state index >= 15 is 0 Å². The molecular weight excluding hydrogens is 337 g/mol. The van der Waals surface area contributed by atoms with Crippen LogP contribution in [-0.2, 0) is 4.74 Å². The van der Waals surface area contributed by atoms with Crippen molar-refractivity contribution in [1.82, 2.24) is 5.32 Å². The van der Waals surface area contributed by atoms with Crippen LogP contribution in [0.1, 0.15) is 10.4 Å². The standard InChI is InChI=1S/C17H13F3N2O3/c18-11-2-4-12(5-3-11)22-9-13(25-17(22)24)8-21-16(23)10-1-6-14(19)15(20)7-10/h1-7,13H,8-9H2,(H,21,23)/t13-/m0/s1. The lowest BCUT2D eigenvalue weighted by Gasteiger charge is -2.13. The number of hydrogen-bond acceptors (Lipinski definition) is 3. The summed E-state index contributed by atoms with van der Waals surface area (Å²) in [5, 5.41) is 2.50. The van der Waals surface area contributed by atoms with Crippen LogP contribution >= 0.6 is 0 Å². The number of carbonyl (C=O) groups excluding carboxylic acids is 2. The molecule has 1 saturated heterocycles. The molecule has 25 heavy (non-hydrogen) atoms. The van der Waals surface area contributed by atoms with Crippen molar-refractivity contribution in [2.24, 2.45) is 0 Å². The van der Waals surface area contributed by atoms with Gasteiger partial charge in [-0.15, -0.1) is 0 Å². The number of amides is 2. The molecule has 0 radical (unpaired) electrons. The average Bonchev–Trinajstić information content (AvgIpc) is 2.96. The van der Waals surface area contributed by atoms with E-state index in [-0.39, 0.29) is 18.7 Å². The Morgan fingerprint density at radius 3 is 2.52 bits per heavy atom. The highest BCUT2D eigenvalue weighted by molar-refractivity contribution is 5.94. The number of hydrogen-bond donors (Lipinski definition) is 1. The zero-order chi connectivity index (χ0) is 18.0. The van der Waals surface area contributed by atoms with Gasteiger partial charge in [0, 0.05) is 11.3 Å². The Balaban J connectivity index is 1.59. The molecule has 1 atom stereocenters. The van der Waals surface area contributed by atoms with Crippen LogP contribution in [0.4, 0.5) is 23.7 Å². The van der Waals surface area contributed by atoms with E-state index in [2.05, 4.69) is 5.32 Å². The number of nitrogens with zero attached hydrogens (tertiary/aromatic N) is 1. The van der Waals surface area contributed by atoms with Crippen LogP contribution in [0.5, 0.6) is 0 Å². The molecule has 1 heterocycles. The molecule has 2 aromatic rings. The Morgan fingerprint density at radius 1 is 1.12 bits per heavy atom. The van der Waals surface area contributed by atoms with E-state index in [1.807, 2.05) is 0 Å². The normalized spacial score (nSPS) is 16.7. The summed E-state index contributed by atoms with van der Waals surface area (Å²) in [6, 6.07) is 8.13. The molecular formula is C17H13F3N2O3. The lowest BCUT2D eigenvalue weighted by molar-refractivity contribution is 0.0915. The van der Waals surface area contributed by atoms with E-state index < -0.39 is 35.6 Å². The summed E-state index contributed by atoms with van der Waals surface area (Å²) in [4.78, 5) is 25.1. The Labute approximate surface area is 141 Å². The Bertz CT molecular complexity index is 811. The topological polar surface area (TPSA) is 58.6 Å². The third-order valence-corrected chi connectivity index (χ3v) is 3.68. The first-order valence-corrected chi connectivity index (χ1v) is 7.41. The second kappa shape index (κ2) is 6.84. The van der Waals surface area contributed by atoms with Gasteiger partial charge in [0.15, 0.2) is 11.6 Å². The lowest BCUT2D eigenvalue weighted by atomic mass is 10.2. The molecule has 0 unspecified atom stereocenters. The van der Waals surface area contributed by atoms with Crippen molar-refractivity contribution >= 4 is 17.7 Å². The minimum absolute atomic E-state index is 0.00125. The van der Waals surface area contributed by atoms with E-state index in [4.69, 9.17) is 4.74 Å². The van der Waals surface area contributed by atoms with Crippen molar-refractivity contribution in [1.29, 1.82) is 0 Å². The highest BCUT2D eigenvalue weighted by atomic mass is 19.2. The van der Waals surface area contributed by atoms with Gasteiger partial charge in [0.25, 0.3) is 5.91 Å². The van der Waals surface area contributed by atoms with Crippen LogP contribution in [0, 0.1) is 17.5 Å². The summed E-state index contributed by atoms with van der Waals surface area (Å²) in [6.45, 7) is 0.170. The van der Waals surface area contributed by atoms with Crippen molar-refractivity contribution < 1.29 is 27.5 Å². The highest BCUT2D eigenvalue weighted by Gasteiger charge is 2.32. The van der Waals surface area contributed by atoms with Crippen molar-refractivity contribution in [2.45, 2.75) is 6.10 Å². The maximum absolute atomic E-state index is 13.1. The Hall–Kier alpha value is -3.03. The van der Waals surface area contributed by atoms with Crippen molar-refractivity contribution in [3.8, 4) is 0 Å². The number of anilines is 1. The lowest BCUT2D eigenvalue weighted by Crippen LogP contribution is -2.34. The summed E-state index contributed by atoms with van der Waals surface area (Å²) < 4.78 is 44.1. The monoisotopic (exact) mass is 350 g/mol. The molecule has 0 spiro atoms. The summed E-state index contributed by atoms with van der Waals surface area (Å²) in [5.41, 5.74) is 0.430. The molecule has 0 aliphatic carbocycles. The maximum atomic E-state index is 13.1. The maximum Gasteiger partial charge on any atom is 0.414 e. The Morgan fingerprint density at radius 2 is 1.84 bits per heavy atom. The van der Waals surface area contributed by atoms with Crippen LogP contribution < -0.4 is 10.2 Å². The second-order valence-corrected chi connectivity index (χ2v) is 5.43. The number of nitrogens with one attached hydrogen (secondary N) is 1. The number of carbonyl (C=O) groups is 2. The third-order valence-electron chi connectivity index (χ3n) is 3.68. The van der Waals surface area contributed by atoms with Gasteiger partial charge in [-0.25, -0.2) is 18.0 Å². The molecule has 1 aliphatic rings. The molecule has 0 bridgehead atoms. The van der Waals surface area contributed by atoms with Crippen molar-refractivity contribution in [2.75, 3.05) is 18.0 Å². The van der Waals surface area contributed by atoms with Gasteiger partial charge in [-0.05, 0) is 42.5 Å². The first-order chi connectivity index (χ1) is 11.9. The zero-order valence-corrected chi connectivity index (χ0v) is 12.8. The fourth-order valence-corrected chi connectivity index (χ4v) is 2.41. The number of rotatable bonds is 4. The van der Waals surface area contributed by atoms with E-state index in [1.165, 1.54) is 29.2 Å². The number of halogens is 3. The third kappa shape index (κ3) is 3.73. The predicted molar refractivity (Wildman–Crippen MR) is 82.7 cm³/mol. The summed E-state index contributed by atoms with van der Waals surface area (Å²) in [6.07, 6.45) is -1.23. The molecule has 0 aromatic heterocycles. The van der Waals surface area contributed by atoms with Gasteiger partial charge in [-0.3, -0.25) is 9.69 Å². The first kappa shape index (κ1) is 16.8. The van der Waals surface area contributed by atoms with Crippen molar-refractivity contribution in [3.05, 3.63) is 65.5 Å². The quantitative estimate of drug-likeness (QED) is 0.923. The first-order valence-electron chi connectivity index (χ1n) is 7.41. The van der Waals surface area contributed by atoms with Crippen LogP contribution in [0.15, 0.2) is 42.5 Å². The molecule has 1 N–H and O–H groups in total. The fraction of sp³-hybridized carbons (Fsp3) is 0.176. The van der Waals surface area contributed by atoms with Gasteiger partial charge in [0.1, 0.15) is 11.9 Å². The van der Waals surface area contributed by atoms with Crippen LogP contribution in [-0.4, -0.2) is 31.2 Å². The number of cyclic esters (lactones) is 1. The van der Waals surface area contributed by atoms with Gasteiger partial charge in [0.05, 0.1) is 13.1 Å². The smallest absolute Gasteiger partial charge is 0.414 e. The largest absolute Gasteiger partial charge is 0.442 e. The van der Waals surface area contributed by atoms with Gasteiger partial charge in [-0.2, -0.15) is 0 Å². The molecule has 1 fully saturated rings. The summed E-state index contributed by atoms with van der Waals surface area (Å²) in [5.74, 6) is -3.21. The van der Waals surface area contributed by atoms with Crippen LogP contribution in [0.2, 0.25) is 0 Å². The highest BCUT2D eigenvalue weighted by Crippen LogP contribution is 2.21. The molecule has 2 aromatic carbocycles. The predicted octanol–water partition coefficient (Wildman–Crippen LogP) is 2.86. The second-order valence-electron chi connectivity index (χ2n) is 5.43. The Kier molecular flexibility index (Phi) is 4.60. The van der Waals surface area contributed by atoms with E-state index in [1.54, 1.807) is 0 Å². The van der Waals surface area contributed by atoms with E-state index in [0.29, 0.717) is 5.69 Å². The molecule has 1 aliphatic heterocycles. The average molecular weight is 350 g/mol. The SMILES string of the molecule is O=C(NC[C@H]1CN(c2ccc(F)cc2)C(=O)O1)c1ccc(F)c(F)c1. The molecule has 8 heteroatoms. The zero-order valence-electron chi connectivity index (χ0n) is 12.8. The van der Waals surface area contributed by atoms with Gasteiger partial charge >= 0.3 is 6.09 Å². The van der Waals surface area contributed by atoms with E-state index in [0.717, 1.165) is 18.2 Å². The summed E-state index contributed by atoms with van der Waals surface area (Å²) >= 11 is 0. The van der Waals surface area contributed by atoms with Crippen LogP contribution in [0.3, 0.4) is 0 Å². The number of benzene rings is 2. The van der Waals surface area contributed by atoms with E-state index in [9.17, 15) is 22.8 Å². The van der Waals surface area contributed by atoms with Gasteiger partial charge < -0.3 is 10.1 Å². The molecule has 5 nitrogen and oxygen atoms in total. The van der Waals surface area contributed by atoms with Gasteiger partial charge in [-0.1, -0.05) is 0 Å². The van der Waals surface area contributed by atoms with Crippen molar-refractivity contribution in [3.63, 3.8) is 0 Å². The van der Waals surface area contributed by atoms with Gasteiger partial charge in [0.2, 0.25) is 0 Å². The molecule has 2 amide bonds. The molecule has 0 saturated carbocycles.